The number of nitrogens with zero attached hydrogens (tertiary/aromatic N) is 1. The maximum absolute atomic E-state index is 8.34. The summed E-state index contributed by atoms with van der Waals surface area (Å²) in [7, 11) is 0. The summed E-state index contributed by atoms with van der Waals surface area (Å²) in [5, 5.41) is 8.34. The predicted octanol–water partition coefficient (Wildman–Crippen LogP) is 1.000. The number of thiocarbonyl (C=S) groups is 1. The zero-order valence-electron chi connectivity index (χ0n) is 4.88. The van der Waals surface area contributed by atoms with Crippen molar-refractivity contribution in [1.82, 2.24) is 0 Å². The molecule has 0 amide bonds. The van der Waals surface area contributed by atoms with Gasteiger partial charge in [-0.05, 0) is 11.8 Å². The Kier molecular flexibility index (Phi) is 3.28. The molecule has 0 aliphatic heterocycles. The average Bonchev–Trinajstić information content (AvgIpc) is 1.64. The number of nitrogens with two attached hydrogens (primary N) is 1. The van der Waals surface area contributed by atoms with Crippen LogP contribution in [0.1, 0.15) is 6.92 Å². The van der Waals surface area contributed by atoms with E-state index in [9.17, 15) is 0 Å². The molecular formula is C5H6N2S2. The van der Waals surface area contributed by atoms with Gasteiger partial charge in [0.2, 0.25) is 0 Å². The number of nitriles is 1. The van der Waals surface area contributed by atoms with Crippen molar-refractivity contribution in [2.24, 2.45) is 5.73 Å². The van der Waals surface area contributed by atoms with Crippen molar-refractivity contribution in [2.75, 3.05) is 0 Å². The lowest BCUT2D eigenvalue weighted by Gasteiger charge is -1.93. The van der Waals surface area contributed by atoms with E-state index in [0.29, 0.717) is 4.91 Å². The molecule has 0 aliphatic rings. The number of hydrogen-bond donors (Lipinski definition) is 2. The maximum atomic E-state index is 8.34. The number of hydrogen-bond acceptors (Lipinski definition) is 3. The predicted molar refractivity (Wildman–Crippen MR) is 44.1 cm³/mol. The minimum Gasteiger partial charge on any atom is -0.389 e. The van der Waals surface area contributed by atoms with Crippen molar-refractivity contribution in [2.45, 2.75) is 6.92 Å². The fourth-order valence-electron chi connectivity index (χ4n) is 0.314. The van der Waals surface area contributed by atoms with Gasteiger partial charge in [0.25, 0.3) is 0 Å². The van der Waals surface area contributed by atoms with E-state index in [1.807, 2.05) is 6.07 Å². The molecule has 4 heteroatoms. The van der Waals surface area contributed by atoms with Gasteiger partial charge in [0.05, 0.1) is 5.57 Å². The van der Waals surface area contributed by atoms with E-state index in [-0.39, 0.29) is 10.6 Å². The molecule has 0 radical (unpaired) electrons. The summed E-state index contributed by atoms with van der Waals surface area (Å²) >= 11 is 8.44. The summed E-state index contributed by atoms with van der Waals surface area (Å²) in [6, 6.07) is 1.84. The third-order valence-electron chi connectivity index (χ3n) is 0.720. The SMILES string of the molecule is C/C(S)=C(\C#N)C(N)=S. The Balaban J connectivity index is 4.62. The zero-order valence-corrected chi connectivity index (χ0v) is 6.59. The van der Waals surface area contributed by atoms with Gasteiger partial charge in [0.15, 0.2) is 0 Å². The summed E-state index contributed by atoms with van der Waals surface area (Å²) in [4.78, 5) is 0.662. The van der Waals surface area contributed by atoms with Crippen LogP contribution in [0, 0.1) is 11.3 Å². The van der Waals surface area contributed by atoms with Crippen LogP contribution in [0.2, 0.25) is 0 Å². The van der Waals surface area contributed by atoms with Crippen molar-refractivity contribution in [1.29, 1.82) is 5.26 Å². The van der Waals surface area contributed by atoms with Crippen LogP contribution in [0.4, 0.5) is 0 Å². The average molecular weight is 158 g/mol. The Morgan fingerprint density at radius 3 is 2.22 bits per heavy atom. The minimum absolute atomic E-state index is 0.102. The van der Waals surface area contributed by atoms with Crippen molar-refractivity contribution in [3.8, 4) is 6.07 Å². The Morgan fingerprint density at radius 1 is 1.78 bits per heavy atom. The lowest BCUT2D eigenvalue weighted by molar-refractivity contribution is 1.49. The fourth-order valence-corrected chi connectivity index (χ4v) is 0.759. The molecule has 0 aromatic rings. The van der Waals surface area contributed by atoms with E-state index in [2.05, 4.69) is 24.8 Å². The van der Waals surface area contributed by atoms with Crippen molar-refractivity contribution >= 4 is 29.8 Å². The van der Waals surface area contributed by atoms with Crippen molar-refractivity contribution in [3.63, 3.8) is 0 Å². The smallest absolute Gasteiger partial charge is 0.115 e. The van der Waals surface area contributed by atoms with E-state index >= 15 is 0 Å². The molecule has 0 aromatic heterocycles. The monoisotopic (exact) mass is 158 g/mol. The van der Waals surface area contributed by atoms with E-state index < -0.39 is 0 Å². The quantitative estimate of drug-likeness (QED) is 0.259. The molecule has 0 saturated carbocycles. The molecule has 0 heterocycles. The second-order valence-electron chi connectivity index (χ2n) is 1.44. The molecular weight excluding hydrogens is 152 g/mol. The molecule has 0 fully saturated rings. The zero-order chi connectivity index (χ0) is 7.44. The van der Waals surface area contributed by atoms with E-state index in [0.717, 1.165) is 0 Å². The van der Waals surface area contributed by atoms with Gasteiger partial charge in [0.1, 0.15) is 11.1 Å². The topological polar surface area (TPSA) is 49.8 Å². The van der Waals surface area contributed by atoms with Gasteiger partial charge in [-0.3, -0.25) is 0 Å². The molecule has 0 spiro atoms. The normalized spacial score (nSPS) is 11.7. The third-order valence-corrected chi connectivity index (χ3v) is 1.15. The molecule has 2 N–H and O–H groups in total. The van der Waals surface area contributed by atoms with Crippen LogP contribution in [0.25, 0.3) is 0 Å². The van der Waals surface area contributed by atoms with Gasteiger partial charge >= 0.3 is 0 Å². The van der Waals surface area contributed by atoms with Crippen molar-refractivity contribution in [3.05, 3.63) is 10.5 Å². The maximum Gasteiger partial charge on any atom is 0.115 e. The molecule has 0 aliphatic carbocycles. The Hall–Kier alpha value is -0.530. The van der Waals surface area contributed by atoms with Crippen LogP contribution in [0.5, 0.6) is 0 Å². The van der Waals surface area contributed by atoms with E-state index in [4.69, 9.17) is 11.0 Å². The van der Waals surface area contributed by atoms with Gasteiger partial charge < -0.3 is 5.73 Å². The highest BCUT2D eigenvalue weighted by molar-refractivity contribution is 7.85. The number of allylic oxidation sites excluding steroid dienone is 1. The van der Waals surface area contributed by atoms with Crippen LogP contribution in [-0.2, 0) is 0 Å². The van der Waals surface area contributed by atoms with Gasteiger partial charge in [-0.25, -0.2) is 0 Å². The summed E-state index contributed by atoms with van der Waals surface area (Å²) < 4.78 is 0. The molecule has 0 rings (SSSR count). The minimum atomic E-state index is 0.102. The van der Waals surface area contributed by atoms with Gasteiger partial charge in [0, 0.05) is 0 Å². The molecule has 0 saturated heterocycles. The summed E-state index contributed by atoms with van der Waals surface area (Å²) in [6.45, 7) is 1.67. The van der Waals surface area contributed by atoms with Gasteiger partial charge in [-0.1, -0.05) is 12.2 Å². The summed E-state index contributed by atoms with van der Waals surface area (Å²) in [5.41, 5.74) is 5.44. The highest BCUT2D eigenvalue weighted by atomic mass is 32.1. The summed E-state index contributed by atoms with van der Waals surface area (Å²) in [6.07, 6.45) is 0. The number of rotatable bonds is 1. The van der Waals surface area contributed by atoms with E-state index in [1.54, 1.807) is 6.92 Å². The molecule has 0 unspecified atom stereocenters. The third kappa shape index (κ3) is 2.49. The van der Waals surface area contributed by atoms with Crippen LogP contribution in [-0.4, -0.2) is 4.99 Å². The number of thiol groups is 1. The highest BCUT2D eigenvalue weighted by Gasteiger charge is 1.99. The Bertz CT molecular complexity index is 195. The molecule has 48 valence electrons. The molecule has 2 nitrogen and oxygen atoms in total. The second-order valence-corrected chi connectivity index (χ2v) is 2.55. The molecule has 9 heavy (non-hydrogen) atoms. The first-order chi connectivity index (χ1) is 4.09. The summed E-state index contributed by atoms with van der Waals surface area (Å²) in [5.74, 6) is 0. The second kappa shape index (κ2) is 3.49. The van der Waals surface area contributed by atoms with Crippen molar-refractivity contribution < 1.29 is 0 Å². The lowest BCUT2D eigenvalue weighted by atomic mass is 10.3. The Labute approximate surface area is 64.8 Å². The first-order valence-corrected chi connectivity index (χ1v) is 3.05. The van der Waals surface area contributed by atoms with Crippen LogP contribution in [0.15, 0.2) is 10.5 Å². The first kappa shape index (κ1) is 8.47. The fraction of sp³-hybridized carbons (Fsp3) is 0.200. The molecule has 0 bridgehead atoms. The van der Waals surface area contributed by atoms with Gasteiger partial charge in [-0.2, -0.15) is 5.26 Å². The first-order valence-electron chi connectivity index (χ1n) is 2.19. The lowest BCUT2D eigenvalue weighted by Crippen LogP contribution is -2.10. The molecule has 0 atom stereocenters. The van der Waals surface area contributed by atoms with Crippen LogP contribution in [0.3, 0.4) is 0 Å². The van der Waals surface area contributed by atoms with Crippen LogP contribution >= 0.6 is 24.8 Å². The Morgan fingerprint density at radius 2 is 2.22 bits per heavy atom. The van der Waals surface area contributed by atoms with Gasteiger partial charge in [-0.15, -0.1) is 12.6 Å². The standard InChI is InChI=1S/C5H6N2S2/c1-3(8)4(2-6)5(7)9/h8H,1H3,(H2,7,9)/b4-3-. The highest BCUT2D eigenvalue weighted by Crippen LogP contribution is 2.06. The van der Waals surface area contributed by atoms with E-state index in [1.165, 1.54) is 0 Å². The van der Waals surface area contributed by atoms with Crippen LogP contribution < -0.4 is 5.73 Å². The molecule has 0 aromatic carbocycles. The largest absolute Gasteiger partial charge is 0.389 e.